The standard InChI is InChI=1S/C28H30O2/c1-2-25(21-11-5-3-6-12-21)28(22-13-7-4-8-14-22)23-17-19-24(20-18-23)30-27-16-10-9-15-26(27)29/h3-8,11-14,17-20,26-27,29H,2,9-10,15-16H2,1H3/b28-25+. The Kier molecular flexibility index (Phi) is 6.66. The average Bonchev–Trinajstić information content (AvgIpc) is 2.81. The molecule has 1 fully saturated rings. The molecule has 0 bridgehead atoms. The molecular formula is C28H30O2. The van der Waals surface area contributed by atoms with Gasteiger partial charge in [0.25, 0.3) is 0 Å². The fourth-order valence-corrected chi connectivity index (χ4v) is 4.37. The summed E-state index contributed by atoms with van der Waals surface area (Å²) in [5.41, 5.74) is 6.24. The van der Waals surface area contributed by atoms with Gasteiger partial charge in [-0.3, -0.25) is 0 Å². The van der Waals surface area contributed by atoms with Gasteiger partial charge in [0, 0.05) is 0 Å². The van der Waals surface area contributed by atoms with E-state index in [1.54, 1.807) is 0 Å². The molecule has 0 heterocycles. The van der Waals surface area contributed by atoms with Crippen LogP contribution in [0.3, 0.4) is 0 Å². The lowest BCUT2D eigenvalue weighted by molar-refractivity contribution is 0.00687. The third kappa shape index (κ3) is 4.66. The minimum absolute atomic E-state index is 0.0933. The van der Waals surface area contributed by atoms with Gasteiger partial charge < -0.3 is 9.84 Å². The number of hydrogen-bond donors (Lipinski definition) is 1. The Morgan fingerprint density at radius 3 is 1.93 bits per heavy atom. The predicted molar refractivity (Wildman–Crippen MR) is 124 cm³/mol. The van der Waals surface area contributed by atoms with Crippen LogP contribution in [0, 0.1) is 0 Å². The van der Waals surface area contributed by atoms with Gasteiger partial charge in [-0.1, -0.05) is 86.1 Å². The van der Waals surface area contributed by atoms with E-state index in [1.807, 2.05) is 12.1 Å². The molecule has 2 nitrogen and oxygen atoms in total. The highest BCUT2D eigenvalue weighted by Crippen LogP contribution is 2.35. The van der Waals surface area contributed by atoms with Crippen LogP contribution < -0.4 is 4.74 Å². The summed E-state index contributed by atoms with van der Waals surface area (Å²) in [6, 6.07) is 29.6. The number of rotatable bonds is 6. The molecule has 2 unspecified atom stereocenters. The lowest BCUT2D eigenvalue weighted by atomic mass is 9.88. The summed E-state index contributed by atoms with van der Waals surface area (Å²) in [6.45, 7) is 2.22. The minimum Gasteiger partial charge on any atom is -0.488 e. The van der Waals surface area contributed by atoms with Crippen molar-refractivity contribution in [2.75, 3.05) is 0 Å². The molecule has 1 aliphatic carbocycles. The Labute approximate surface area is 179 Å². The van der Waals surface area contributed by atoms with Crippen molar-refractivity contribution < 1.29 is 9.84 Å². The first-order chi connectivity index (χ1) is 14.8. The van der Waals surface area contributed by atoms with Crippen LogP contribution in [0.2, 0.25) is 0 Å². The monoisotopic (exact) mass is 398 g/mol. The van der Waals surface area contributed by atoms with E-state index in [0.29, 0.717) is 0 Å². The topological polar surface area (TPSA) is 29.5 Å². The molecule has 1 aliphatic rings. The number of aliphatic hydroxyl groups is 1. The highest BCUT2D eigenvalue weighted by molar-refractivity contribution is 5.98. The van der Waals surface area contributed by atoms with Gasteiger partial charge in [0.1, 0.15) is 11.9 Å². The van der Waals surface area contributed by atoms with Crippen molar-refractivity contribution >= 4 is 11.1 Å². The zero-order chi connectivity index (χ0) is 20.8. The zero-order valence-corrected chi connectivity index (χ0v) is 17.6. The van der Waals surface area contributed by atoms with Crippen LogP contribution in [0.15, 0.2) is 84.9 Å². The predicted octanol–water partition coefficient (Wildman–Crippen LogP) is 6.74. The molecule has 3 aromatic carbocycles. The Hall–Kier alpha value is -2.84. The molecule has 154 valence electrons. The maximum Gasteiger partial charge on any atom is 0.124 e. The molecule has 3 aromatic rings. The van der Waals surface area contributed by atoms with Gasteiger partial charge in [-0.15, -0.1) is 0 Å². The maximum absolute atomic E-state index is 10.2. The molecular weight excluding hydrogens is 368 g/mol. The summed E-state index contributed by atoms with van der Waals surface area (Å²) in [5, 5.41) is 10.2. The van der Waals surface area contributed by atoms with E-state index in [1.165, 1.54) is 27.8 Å². The molecule has 0 radical (unpaired) electrons. The quantitative estimate of drug-likeness (QED) is 0.466. The Bertz CT molecular complexity index is 959. The van der Waals surface area contributed by atoms with Crippen LogP contribution in [-0.2, 0) is 0 Å². The summed E-state index contributed by atoms with van der Waals surface area (Å²) < 4.78 is 6.11. The third-order valence-electron chi connectivity index (χ3n) is 5.94. The van der Waals surface area contributed by atoms with Crippen LogP contribution in [0.4, 0.5) is 0 Å². The average molecular weight is 399 g/mol. The van der Waals surface area contributed by atoms with Gasteiger partial charge in [-0.25, -0.2) is 0 Å². The summed E-state index contributed by atoms with van der Waals surface area (Å²) in [5.74, 6) is 0.829. The lowest BCUT2D eigenvalue weighted by Gasteiger charge is -2.28. The molecule has 30 heavy (non-hydrogen) atoms. The van der Waals surface area contributed by atoms with Crippen molar-refractivity contribution in [3.05, 3.63) is 102 Å². The van der Waals surface area contributed by atoms with Gasteiger partial charge in [0.05, 0.1) is 6.10 Å². The Balaban J connectivity index is 1.70. The number of ether oxygens (including phenoxy) is 1. The van der Waals surface area contributed by atoms with Crippen molar-refractivity contribution in [1.82, 2.24) is 0 Å². The van der Waals surface area contributed by atoms with Gasteiger partial charge >= 0.3 is 0 Å². The molecule has 0 amide bonds. The lowest BCUT2D eigenvalue weighted by Crippen LogP contribution is -2.34. The molecule has 0 aliphatic heterocycles. The van der Waals surface area contributed by atoms with Crippen LogP contribution in [0.25, 0.3) is 11.1 Å². The van der Waals surface area contributed by atoms with Gasteiger partial charge in [0.2, 0.25) is 0 Å². The summed E-state index contributed by atoms with van der Waals surface area (Å²) in [4.78, 5) is 0. The Morgan fingerprint density at radius 2 is 1.33 bits per heavy atom. The number of allylic oxidation sites excluding steroid dienone is 1. The maximum atomic E-state index is 10.2. The van der Waals surface area contributed by atoms with Crippen LogP contribution >= 0.6 is 0 Å². The molecule has 2 atom stereocenters. The number of benzene rings is 3. The van der Waals surface area contributed by atoms with Gasteiger partial charge in [-0.05, 0) is 65.7 Å². The van der Waals surface area contributed by atoms with Crippen molar-refractivity contribution in [2.24, 2.45) is 0 Å². The minimum atomic E-state index is -0.358. The van der Waals surface area contributed by atoms with Gasteiger partial charge in [0.15, 0.2) is 0 Å². The number of aliphatic hydroxyl groups excluding tert-OH is 1. The fraction of sp³-hybridized carbons (Fsp3) is 0.286. The fourth-order valence-electron chi connectivity index (χ4n) is 4.37. The zero-order valence-electron chi connectivity index (χ0n) is 17.6. The molecule has 0 spiro atoms. The van der Waals surface area contributed by atoms with Crippen molar-refractivity contribution in [1.29, 1.82) is 0 Å². The second-order valence-corrected chi connectivity index (χ2v) is 7.97. The molecule has 2 heteroatoms. The van der Waals surface area contributed by atoms with Crippen molar-refractivity contribution in [2.45, 2.75) is 51.2 Å². The van der Waals surface area contributed by atoms with E-state index in [-0.39, 0.29) is 12.2 Å². The third-order valence-corrected chi connectivity index (χ3v) is 5.94. The van der Waals surface area contributed by atoms with E-state index >= 15 is 0 Å². The second-order valence-electron chi connectivity index (χ2n) is 7.97. The highest BCUT2D eigenvalue weighted by atomic mass is 16.5. The van der Waals surface area contributed by atoms with E-state index in [4.69, 9.17) is 4.74 Å². The molecule has 1 N–H and O–H groups in total. The van der Waals surface area contributed by atoms with Crippen molar-refractivity contribution in [3.63, 3.8) is 0 Å². The second kappa shape index (κ2) is 9.77. The first kappa shape index (κ1) is 20.4. The highest BCUT2D eigenvalue weighted by Gasteiger charge is 2.24. The van der Waals surface area contributed by atoms with E-state index < -0.39 is 0 Å². The Morgan fingerprint density at radius 1 is 0.767 bits per heavy atom. The largest absolute Gasteiger partial charge is 0.488 e. The summed E-state index contributed by atoms with van der Waals surface area (Å²) >= 11 is 0. The normalized spacial score (nSPS) is 19.8. The molecule has 4 rings (SSSR count). The van der Waals surface area contributed by atoms with E-state index in [2.05, 4.69) is 79.7 Å². The van der Waals surface area contributed by atoms with Gasteiger partial charge in [-0.2, -0.15) is 0 Å². The SMILES string of the molecule is CC/C(=C(/c1ccccc1)c1ccc(OC2CCCCC2O)cc1)c1ccccc1. The van der Waals surface area contributed by atoms with E-state index in [9.17, 15) is 5.11 Å². The summed E-state index contributed by atoms with van der Waals surface area (Å²) in [7, 11) is 0. The number of hydrogen-bond acceptors (Lipinski definition) is 2. The van der Waals surface area contributed by atoms with E-state index in [0.717, 1.165) is 37.9 Å². The first-order valence-electron chi connectivity index (χ1n) is 11.1. The van der Waals surface area contributed by atoms with Crippen molar-refractivity contribution in [3.8, 4) is 5.75 Å². The molecule has 0 saturated heterocycles. The van der Waals surface area contributed by atoms with Crippen LogP contribution in [-0.4, -0.2) is 17.3 Å². The van der Waals surface area contributed by atoms with Crippen LogP contribution in [0.1, 0.15) is 55.7 Å². The first-order valence-corrected chi connectivity index (χ1v) is 11.1. The summed E-state index contributed by atoms with van der Waals surface area (Å²) in [6.07, 6.45) is 4.46. The smallest absolute Gasteiger partial charge is 0.124 e. The molecule has 1 saturated carbocycles. The molecule has 0 aromatic heterocycles. The van der Waals surface area contributed by atoms with Crippen LogP contribution in [0.5, 0.6) is 5.75 Å².